The lowest BCUT2D eigenvalue weighted by molar-refractivity contribution is 0.0669. The van der Waals surface area contributed by atoms with Crippen molar-refractivity contribution >= 4 is 17.4 Å². The van der Waals surface area contributed by atoms with Gasteiger partial charge < -0.3 is 15.3 Å². The first-order valence-electron chi connectivity index (χ1n) is 7.46. The minimum Gasteiger partial charge on any atom is -0.392 e. The number of aromatic nitrogens is 3. The molecular formula is C14H18N6O2. The van der Waals surface area contributed by atoms with Crippen molar-refractivity contribution in [3.05, 3.63) is 24.7 Å². The van der Waals surface area contributed by atoms with E-state index in [1.807, 2.05) is 12.1 Å². The number of pyridine rings is 1. The van der Waals surface area contributed by atoms with Crippen LogP contribution in [-0.2, 0) is 0 Å². The van der Waals surface area contributed by atoms with Crippen LogP contribution in [0.15, 0.2) is 24.7 Å². The summed E-state index contributed by atoms with van der Waals surface area (Å²) in [5.74, 6) is 0. The van der Waals surface area contributed by atoms with Crippen LogP contribution in [0.1, 0.15) is 6.42 Å². The van der Waals surface area contributed by atoms with E-state index in [1.165, 1.54) is 6.33 Å². The molecule has 0 saturated carbocycles. The van der Waals surface area contributed by atoms with Crippen LogP contribution in [0, 0.1) is 0 Å². The van der Waals surface area contributed by atoms with Gasteiger partial charge in [0.1, 0.15) is 6.33 Å². The highest BCUT2D eigenvalue weighted by Gasteiger charge is 2.37. The zero-order valence-corrected chi connectivity index (χ0v) is 12.1. The third-order valence-corrected chi connectivity index (χ3v) is 4.39. The van der Waals surface area contributed by atoms with Crippen molar-refractivity contribution in [1.82, 2.24) is 24.4 Å². The Bertz CT molecular complexity index is 695. The summed E-state index contributed by atoms with van der Waals surface area (Å²) in [6.45, 7) is 3.07. The van der Waals surface area contributed by atoms with Crippen molar-refractivity contribution in [2.24, 2.45) is 0 Å². The van der Waals surface area contributed by atoms with Crippen molar-refractivity contribution in [3.63, 3.8) is 0 Å². The van der Waals surface area contributed by atoms with Gasteiger partial charge in [0.25, 0.3) is 0 Å². The van der Waals surface area contributed by atoms with Gasteiger partial charge in [0.05, 0.1) is 18.0 Å². The highest BCUT2D eigenvalue weighted by Crippen LogP contribution is 2.21. The van der Waals surface area contributed by atoms with Gasteiger partial charge in [-0.25, -0.2) is 14.3 Å². The fourth-order valence-corrected chi connectivity index (χ4v) is 3.05. The number of hydrogen-bond acceptors (Lipinski definition) is 5. The second-order valence-electron chi connectivity index (χ2n) is 5.91. The average Bonchev–Trinajstić information content (AvgIpc) is 3.05. The van der Waals surface area contributed by atoms with Gasteiger partial charge in [0, 0.05) is 32.2 Å². The maximum atomic E-state index is 12.2. The maximum absolute atomic E-state index is 12.2. The molecule has 22 heavy (non-hydrogen) atoms. The number of nitrogens with one attached hydrogen (secondary N) is 1. The van der Waals surface area contributed by atoms with Gasteiger partial charge in [0.2, 0.25) is 0 Å². The monoisotopic (exact) mass is 302 g/mol. The third-order valence-electron chi connectivity index (χ3n) is 4.39. The van der Waals surface area contributed by atoms with Crippen molar-refractivity contribution in [3.8, 4) is 0 Å². The number of carbonyl (C=O) groups is 1. The molecule has 4 heterocycles. The molecule has 0 aromatic carbocycles. The van der Waals surface area contributed by atoms with Crippen molar-refractivity contribution in [2.45, 2.75) is 18.6 Å². The number of carbonyl (C=O) groups excluding carboxylic acids is 1. The minimum absolute atomic E-state index is 0.101. The van der Waals surface area contributed by atoms with Gasteiger partial charge in [-0.2, -0.15) is 5.10 Å². The molecule has 8 heteroatoms. The molecule has 8 nitrogen and oxygen atoms in total. The first kappa shape index (κ1) is 13.5. The molecule has 2 aromatic rings. The molecular weight excluding hydrogens is 284 g/mol. The van der Waals surface area contributed by atoms with Crippen LogP contribution in [0.2, 0.25) is 0 Å². The number of amides is 2. The molecule has 0 spiro atoms. The van der Waals surface area contributed by atoms with E-state index in [1.54, 1.807) is 15.6 Å². The number of β-amino-alcohol motifs (C(OH)–C–C–N with tert-alkyl or cyclic N) is 1. The predicted molar refractivity (Wildman–Crippen MR) is 79.6 cm³/mol. The number of likely N-dealkylation sites (tertiary alicyclic amines) is 2. The van der Waals surface area contributed by atoms with Crippen LogP contribution < -0.4 is 5.32 Å². The van der Waals surface area contributed by atoms with Crippen LogP contribution >= 0.6 is 0 Å². The lowest BCUT2D eigenvalue weighted by Gasteiger charge is -2.43. The molecule has 0 aliphatic carbocycles. The SMILES string of the molecule is O=C(Nc1ccc2ncnn2c1)N1CC(N2CC[C@@H](O)C2)C1. The summed E-state index contributed by atoms with van der Waals surface area (Å²) in [6.07, 6.45) is 3.85. The standard InChI is InChI=1S/C14H18N6O2/c21-12-3-4-18(8-12)11-6-19(7-11)14(22)17-10-1-2-13-15-9-16-20(13)5-10/h1-2,5,9,11-12,21H,3-4,6-8H2,(H,17,22)/t12-/m1/s1. The number of hydrogen-bond donors (Lipinski definition) is 2. The van der Waals surface area contributed by atoms with Gasteiger partial charge in [-0.15, -0.1) is 0 Å². The van der Waals surface area contributed by atoms with E-state index in [0.29, 0.717) is 24.8 Å². The normalized spacial score (nSPS) is 23.0. The van der Waals surface area contributed by atoms with E-state index in [4.69, 9.17) is 0 Å². The van der Waals surface area contributed by atoms with Gasteiger partial charge in [-0.1, -0.05) is 0 Å². The summed E-state index contributed by atoms with van der Waals surface area (Å²) < 4.78 is 1.63. The lowest BCUT2D eigenvalue weighted by Crippen LogP contribution is -2.61. The average molecular weight is 302 g/mol. The lowest BCUT2D eigenvalue weighted by atomic mass is 10.1. The third kappa shape index (κ3) is 2.40. The summed E-state index contributed by atoms with van der Waals surface area (Å²) >= 11 is 0. The molecule has 2 aliphatic rings. The second kappa shape index (κ2) is 5.22. The van der Waals surface area contributed by atoms with Gasteiger partial charge in [-0.05, 0) is 18.6 Å². The van der Waals surface area contributed by atoms with Gasteiger partial charge >= 0.3 is 6.03 Å². The first-order valence-corrected chi connectivity index (χ1v) is 7.46. The van der Waals surface area contributed by atoms with Crippen LogP contribution in [0.4, 0.5) is 10.5 Å². The molecule has 2 fully saturated rings. The fourth-order valence-electron chi connectivity index (χ4n) is 3.05. The summed E-state index contributed by atoms with van der Waals surface area (Å²) in [4.78, 5) is 20.3. The number of anilines is 1. The highest BCUT2D eigenvalue weighted by atomic mass is 16.3. The molecule has 1 atom stereocenters. The Balaban J connectivity index is 1.33. The van der Waals surface area contributed by atoms with E-state index < -0.39 is 0 Å². The Labute approximate surface area is 127 Å². The molecule has 2 amide bonds. The largest absolute Gasteiger partial charge is 0.392 e. The van der Waals surface area contributed by atoms with E-state index in [-0.39, 0.29) is 12.1 Å². The van der Waals surface area contributed by atoms with Crippen LogP contribution in [-0.4, -0.2) is 73.9 Å². The summed E-state index contributed by atoms with van der Waals surface area (Å²) in [7, 11) is 0. The molecule has 0 bridgehead atoms. The number of aliphatic hydroxyl groups excluding tert-OH is 1. The Morgan fingerprint density at radius 1 is 1.32 bits per heavy atom. The first-order chi connectivity index (χ1) is 10.7. The summed E-state index contributed by atoms with van der Waals surface area (Å²) in [5, 5.41) is 16.5. The Hall–Kier alpha value is -2.19. The van der Waals surface area contributed by atoms with Crippen molar-refractivity contribution in [1.29, 1.82) is 0 Å². The van der Waals surface area contributed by atoms with Crippen molar-refractivity contribution in [2.75, 3.05) is 31.5 Å². The molecule has 2 aromatic heterocycles. The molecule has 2 saturated heterocycles. The molecule has 0 unspecified atom stereocenters. The summed E-state index contributed by atoms with van der Waals surface area (Å²) in [6, 6.07) is 3.90. The number of fused-ring (bicyclic) bond motifs is 1. The molecule has 116 valence electrons. The van der Waals surface area contributed by atoms with Crippen LogP contribution in [0.3, 0.4) is 0 Å². The summed E-state index contributed by atoms with van der Waals surface area (Å²) in [5.41, 5.74) is 1.44. The van der Waals surface area contributed by atoms with Crippen molar-refractivity contribution < 1.29 is 9.90 Å². The number of aliphatic hydroxyl groups is 1. The Kier molecular flexibility index (Phi) is 3.20. The molecule has 2 aliphatic heterocycles. The zero-order valence-electron chi connectivity index (χ0n) is 12.1. The minimum atomic E-state index is -0.211. The molecule has 0 radical (unpaired) electrons. The number of nitrogens with zero attached hydrogens (tertiary/aromatic N) is 5. The zero-order chi connectivity index (χ0) is 15.1. The van der Waals surface area contributed by atoms with Crippen LogP contribution in [0.5, 0.6) is 0 Å². The second-order valence-corrected chi connectivity index (χ2v) is 5.91. The number of rotatable bonds is 2. The van der Waals surface area contributed by atoms with Gasteiger partial charge in [0.15, 0.2) is 5.65 Å². The number of urea groups is 1. The van der Waals surface area contributed by atoms with Gasteiger partial charge in [-0.3, -0.25) is 4.90 Å². The quantitative estimate of drug-likeness (QED) is 0.816. The predicted octanol–water partition coefficient (Wildman–Crippen LogP) is 0.0120. The maximum Gasteiger partial charge on any atom is 0.321 e. The smallest absolute Gasteiger partial charge is 0.321 e. The highest BCUT2D eigenvalue weighted by molar-refractivity contribution is 5.89. The fraction of sp³-hybridized carbons (Fsp3) is 0.500. The Morgan fingerprint density at radius 3 is 2.95 bits per heavy atom. The molecule has 4 rings (SSSR count). The Morgan fingerprint density at radius 2 is 2.18 bits per heavy atom. The van der Waals surface area contributed by atoms with E-state index in [2.05, 4.69) is 20.3 Å². The van der Waals surface area contributed by atoms with E-state index >= 15 is 0 Å². The molecule has 2 N–H and O–H groups in total. The van der Waals surface area contributed by atoms with E-state index in [9.17, 15) is 9.90 Å². The topological polar surface area (TPSA) is 86.0 Å². The van der Waals surface area contributed by atoms with E-state index in [0.717, 1.165) is 25.2 Å². The van der Waals surface area contributed by atoms with Crippen LogP contribution in [0.25, 0.3) is 5.65 Å².